The molecule has 1 aliphatic rings. The minimum absolute atomic E-state index is 0.110. The number of para-hydroxylation sites is 1. The number of hydrogen-bond acceptors (Lipinski definition) is 3. The highest BCUT2D eigenvalue weighted by Gasteiger charge is 2.20. The number of anilines is 1. The zero-order valence-corrected chi connectivity index (χ0v) is 15.6. The molecule has 3 rings (SSSR count). The lowest BCUT2D eigenvalue weighted by Crippen LogP contribution is -2.49. The summed E-state index contributed by atoms with van der Waals surface area (Å²) in [6.45, 7) is 6.42. The molecular weight excluding hydrogens is 322 g/mol. The quantitative estimate of drug-likeness (QED) is 0.830. The van der Waals surface area contributed by atoms with E-state index in [4.69, 9.17) is 0 Å². The number of benzene rings is 2. The van der Waals surface area contributed by atoms with E-state index < -0.39 is 0 Å². The Labute approximate surface area is 156 Å². The highest BCUT2D eigenvalue weighted by molar-refractivity contribution is 5.78. The van der Waals surface area contributed by atoms with Crippen LogP contribution in [0.25, 0.3) is 0 Å². The molecule has 1 aliphatic heterocycles. The number of carbonyl (C=O) groups is 1. The number of hydrogen-bond donors (Lipinski definition) is 1. The zero-order chi connectivity index (χ0) is 18.2. The summed E-state index contributed by atoms with van der Waals surface area (Å²) in [7, 11) is 0. The van der Waals surface area contributed by atoms with Gasteiger partial charge in [0.25, 0.3) is 0 Å². The predicted molar refractivity (Wildman–Crippen MR) is 107 cm³/mol. The Morgan fingerprint density at radius 3 is 2.19 bits per heavy atom. The van der Waals surface area contributed by atoms with Crippen LogP contribution in [-0.4, -0.2) is 43.5 Å². The fourth-order valence-corrected chi connectivity index (χ4v) is 3.54. The summed E-state index contributed by atoms with van der Waals surface area (Å²) in [6.07, 6.45) is 2.02. The lowest BCUT2D eigenvalue weighted by atomic mass is 10.0. The van der Waals surface area contributed by atoms with Crippen LogP contribution in [0.2, 0.25) is 0 Å². The van der Waals surface area contributed by atoms with Gasteiger partial charge < -0.3 is 10.2 Å². The molecule has 0 aromatic heterocycles. The molecule has 1 fully saturated rings. The number of carbonyl (C=O) groups excluding carboxylic acids is 1. The average molecular weight is 351 g/mol. The predicted octanol–water partition coefficient (Wildman–Crippen LogP) is 3.47. The first kappa shape index (κ1) is 18.5. The normalized spacial score (nSPS) is 16.3. The summed E-state index contributed by atoms with van der Waals surface area (Å²) in [5, 5.41) is 3.23. The van der Waals surface area contributed by atoms with E-state index in [1.807, 2.05) is 24.3 Å². The first-order chi connectivity index (χ1) is 12.8. The van der Waals surface area contributed by atoms with Gasteiger partial charge in [-0.15, -0.1) is 0 Å². The first-order valence-corrected chi connectivity index (χ1v) is 9.63. The van der Waals surface area contributed by atoms with Crippen molar-refractivity contribution in [3.63, 3.8) is 0 Å². The van der Waals surface area contributed by atoms with Crippen LogP contribution < -0.4 is 10.2 Å². The SMILES string of the molecule is CCC[C@H](NC(=O)CN1CCN(c2ccccc2)CC1)c1ccccc1. The molecular formula is C22H29N3O. The fourth-order valence-electron chi connectivity index (χ4n) is 3.54. The third-order valence-corrected chi connectivity index (χ3v) is 4.98. The van der Waals surface area contributed by atoms with Crippen LogP contribution in [0.3, 0.4) is 0 Å². The molecule has 0 unspecified atom stereocenters. The molecule has 26 heavy (non-hydrogen) atoms. The topological polar surface area (TPSA) is 35.6 Å². The fraction of sp³-hybridized carbons (Fsp3) is 0.409. The van der Waals surface area contributed by atoms with E-state index in [2.05, 4.69) is 58.4 Å². The largest absolute Gasteiger partial charge is 0.369 e. The van der Waals surface area contributed by atoms with E-state index >= 15 is 0 Å². The number of rotatable bonds is 7. The summed E-state index contributed by atoms with van der Waals surface area (Å²) >= 11 is 0. The number of piperazine rings is 1. The molecule has 1 heterocycles. The summed E-state index contributed by atoms with van der Waals surface area (Å²) in [5.41, 5.74) is 2.46. The third kappa shape index (κ3) is 5.09. The van der Waals surface area contributed by atoms with Gasteiger partial charge in [0.1, 0.15) is 0 Å². The molecule has 0 radical (unpaired) electrons. The maximum Gasteiger partial charge on any atom is 0.234 e. The number of amides is 1. The van der Waals surface area contributed by atoms with E-state index in [-0.39, 0.29) is 11.9 Å². The Kier molecular flexibility index (Phi) is 6.67. The van der Waals surface area contributed by atoms with Crippen molar-refractivity contribution in [3.8, 4) is 0 Å². The van der Waals surface area contributed by atoms with Gasteiger partial charge in [0.15, 0.2) is 0 Å². The molecule has 4 heteroatoms. The van der Waals surface area contributed by atoms with Crippen LogP contribution in [0, 0.1) is 0 Å². The van der Waals surface area contributed by atoms with Crippen molar-refractivity contribution < 1.29 is 4.79 Å². The van der Waals surface area contributed by atoms with E-state index in [9.17, 15) is 4.79 Å². The lowest BCUT2D eigenvalue weighted by molar-refractivity contribution is -0.123. The van der Waals surface area contributed by atoms with Crippen molar-refractivity contribution in [2.24, 2.45) is 0 Å². The second kappa shape index (κ2) is 9.39. The van der Waals surface area contributed by atoms with Crippen molar-refractivity contribution in [2.75, 3.05) is 37.6 Å². The highest BCUT2D eigenvalue weighted by Crippen LogP contribution is 2.18. The maximum atomic E-state index is 12.6. The minimum atomic E-state index is 0.110. The molecule has 1 atom stereocenters. The van der Waals surface area contributed by atoms with Gasteiger partial charge in [0, 0.05) is 31.9 Å². The van der Waals surface area contributed by atoms with Gasteiger partial charge in [-0.3, -0.25) is 9.69 Å². The molecule has 1 saturated heterocycles. The van der Waals surface area contributed by atoms with Crippen LogP contribution in [0.15, 0.2) is 60.7 Å². The Balaban J connectivity index is 1.49. The van der Waals surface area contributed by atoms with Gasteiger partial charge in [-0.2, -0.15) is 0 Å². The van der Waals surface area contributed by atoms with Gasteiger partial charge in [-0.1, -0.05) is 61.9 Å². The van der Waals surface area contributed by atoms with Gasteiger partial charge in [0.2, 0.25) is 5.91 Å². The van der Waals surface area contributed by atoms with Crippen LogP contribution in [-0.2, 0) is 4.79 Å². The summed E-state index contributed by atoms with van der Waals surface area (Å²) in [4.78, 5) is 17.2. The van der Waals surface area contributed by atoms with Gasteiger partial charge in [-0.05, 0) is 24.1 Å². The van der Waals surface area contributed by atoms with Gasteiger partial charge >= 0.3 is 0 Å². The van der Waals surface area contributed by atoms with E-state index in [0.29, 0.717) is 6.54 Å². The van der Waals surface area contributed by atoms with Crippen molar-refractivity contribution in [2.45, 2.75) is 25.8 Å². The number of nitrogens with one attached hydrogen (secondary N) is 1. The van der Waals surface area contributed by atoms with Crippen LogP contribution >= 0.6 is 0 Å². The van der Waals surface area contributed by atoms with E-state index in [1.54, 1.807) is 0 Å². The van der Waals surface area contributed by atoms with Crippen molar-refractivity contribution in [3.05, 3.63) is 66.2 Å². The minimum Gasteiger partial charge on any atom is -0.369 e. The monoisotopic (exact) mass is 351 g/mol. The average Bonchev–Trinajstić information content (AvgIpc) is 2.69. The molecule has 138 valence electrons. The molecule has 2 aromatic rings. The molecule has 1 N–H and O–H groups in total. The first-order valence-electron chi connectivity index (χ1n) is 9.63. The Bertz CT molecular complexity index is 666. The van der Waals surface area contributed by atoms with E-state index in [0.717, 1.165) is 39.0 Å². The van der Waals surface area contributed by atoms with Crippen molar-refractivity contribution in [1.82, 2.24) is 10.2 Å². The second-order valence-corrected chi connectivity index (χ2v) is 6.92. The zero-order valence-electron chi connectivity index (χ0n) is 15.6. The Morgan fingerprint density at radius 2 is 1.58 bits per heavy atom. The second-order valence-electron chi connectivity index (χ2n) is 6.92. The molecule has 2 aromatic carbocycles. The molecule has 4 nitrogen and oxygen atoms in total. The lowest BCUT2D eigenvalue weighted by Gasteiger charge is -2.36. The molecule has 0 saturated carbocycles. The molecule has 1 amide bonds. The molecule has 0 aliphatic carbocycles. The van der Waals surface area contributed by atoms with Crippen molar-refractivity contribution in [1.29, 1.82) is 0 Å². The number of nitrogens with zero attached hydrogens (tertiary/aromatic N) is 2. The summed E-state index contributed by atoms with van der Waals surface area (Å²) in [6, 6.07) is 20.9. The van der Waals surface area contributed by atoms with Crippen molar-refractivity contribution >= 4 is 11.6 Å². The summed E-state index contributed by atoms with van der Waals surface area (Å²) < 4.78 is 0. The maximum absolute atomic E-state index is 12.6. The van der Waals surface area contributed by atoms with Crippen LogP contribution in [0.1, 0.15) is 31.4 Å². The highest BCUT2D eigenvalue weighted by atomic mass is 16.2. The smallest absolute Gasteiger partial charge is 0.234 e. The Morgan fingerprint density at radius 1 is 0.962 bits per heavy atom. The van der Waals surface area contributed by atoms with Crippen LogP contribution in [0.4, 0.5) is 5.69 Å². The Hall–Kier alpha value is -2.33. The third-order valence-electron chi connectivity index (χ3n) is 4.98. The van der Waals surface area contributed by atoms with Gasteiger partial charge in [0.05, 0.1) is 12.6 Å². The summed E-state index contributed by atoms with van der Waals surface area (Å²) in [5.74, 6) is 0.125. The molecule has 0 spiro atoms. The van der Waals surface area contributed by atoms with E-state index in [1.165, 1.54) is 11.3 Å². The molecule has 0 bridgehead atoms. The van der Waals surface area contributed by atoms with Gasteiger partial charge in [-0.25, -0.2) is 0 Å². The van der Waals surface area contributed by atoms with Crippen LogP contribution in [0.5, 0.6) is 0 Å². The standard InChI is InChI=1S/C22H29N3O/c1-2-9-21(19-10-5-3-6-11-19)23-22(26)18-24-14-16-25(17-15-24)20-12-7-4-8-13-20/h3-8,10-13,21H,2,9,14-18H2,1H3,(H,23,26)/t21-/m0/s1.